The van der Waals surface area contributed by atoms with Crippen LogP contribution in [0, 0.1) is 5.92 Å². The molecule has 2 N–H and O–H groups in total. The van der Waals surface area contributed by atoms with Crippen molar-refractivity contribution >= 4 is 23.3 Å². The Morgan fingerprint density at radius 2 is 2.23 bits per heavy atom. The van der Waals surface area contributed by atoms with E-state index in [4.69, 9.17) is 11.6 Å². The Morgan fingerprint density at radius 1 is 1.32 bits per heavy atom. The van der Waals surface area contributed by atoms with Gasteiger partial charge in [0.25, 0.3) is 0 Å². The molecule has 1 amide bonds. The minimum Gasteiger partial charge on any atom is -0.316 e. The average molecular weight is 318 g/mol. The molecule has 0 aromatic carbocycles. The monoisotopic (exact) mass is 317 g/mol. The van der Waals surface area contributed by atoms with E-state index in [2.05, 4.69) is 25.6 Å². The second-order valence-electron chi connectivity index (χ2n) is 5.17. The lowest BCUT2D eigenvalue weighted by Crippen LogP contribution is -2.37. The second-order valence-corrected chi connectivity index (χ2v) is 5.58. The lowest BCUT2D eigenvalue weighted by Gasteiger charge is -2.21. The van der Waals surface area contributed by atoms with Crippen molar-refractivity contribution in [3.63, 3.8) is 0 Å². The van der Waals surface area contributed by atoms with Gasteiger partial charge in [-0.1, -0.05) is 11.6 Å². The predicted molar refractivity (Wildman–Crippen MR) is 84.5 cm³/mol. The summed E-state index contributed by atoms with van der Waals surface area (Å²) in [7, 11) is 0. The molecule has 1 aliphatic heterocycles. The minimum absolute atomic E-state index is 0.0212. The Labute approximate surface area is 133 Å². The highest BCUT2D eigenvalue weighted by molar-refractivity contribution is 6.33. The van der Waals surface area contributed by atoms with E-state index >= 15 is 0 Å². The van der Waals surface area contributed by atoms with Crippen LogP contribution in [-0.4, -0.2) is 33.9 Å². The van der Waals surface area contributed by atoms with Crippen LogP contribution in [-0.2, 0) is 4.79 Å². The summed E-state index contributed by atoms with van der Waals surface area (Å²) in [5.74, 6) is 0.430. The average Bonchev–Trinajstić information content (AvgIpc) is 2.58. The van der Waals surface area contributed by atoms with Crippen molar-refractivity contribution in [2.24, 2.45) is 5.92 Å². The summed E-state index contributed by atoms with van der Waals surface area (Å²) in [6.45, 7) is 1.68. The van der Waals surface area contributed by atoms with E-state index in [-0.39, 0.29) is 11.8 Å². The number of carbonyl (C=O) groups is 1. The Kier molecular flexibility index (Phi) is 4.60. The standard InChI is InChI=1S/C15H16ClN5O/c16-12-8-20-14(6-11(12)13-9-18-4-5-19-13)21-15(22)10-2-1-3-17-7-10/h4-6,8-10,17H,1-3,7H2,(H,20,21,22)/t10-/m1/s1. The summed E-state index contributed by atoms with van der Waals surface area (Å²) in [5, 5.41) is 6.55. The van der Waals surface area contributed by atoms with E-state index in [9.17, 15) is 4.79 Å². The Bertz CT molecular complexity index is 658. The molecule has 7 heteroatoms. The molecule has 2 aromatic rings. The maximum atomic E-state index is 12.2. The number of carbonyl (C=O) groups excluding carboxylic acids is 1. The summed E-state index contributed by atoms with van der Waals surface area (Å²) in [4.78, 5) is 24.7. The van der Waals surface area contributed by atoms with Gasteiger partial charge in [-0.05, 0) is 25.5 Å². The van der Waals surface area contributed by atoms with Crippen molar-refractivity contribution < 1.29 is 4.79 Å². The molecule has 6 nitrogen and oxygen atoms in total. The molecule has 3 rings (SSSR count). The molecule has 22 heavy (non-hydrogen) atoms. The zero-order chi connectivity index (χ0) is 15.4. The van der Waals surface area contributed by atoms with Crippen LogP contribution in [0.15, 0.2) is 30.9 Å². The number of anilines is 1. The first kappa shape index (κ1) is 14.9. The predicted octanol–water partition coefficient (Wildman–Crippen LogP) is 2.13. The molecular weight excluding hydrogens is 302 g/mol. The molecule has 0 bridgehead atoms. The molecule has 0 radical (unpaired) electrons. The van der Waals surface area contributed by atoms with Crippen LogP contribution in [0.5, 0.6) is 0 Å². The molecular formula is C15H16ClN5O. The molecule has 3 heterocycles. The molecule has 1 aliphatic rings. The van der Waals surface area contributed by atoms with Crippen molar-refractivity contribution in [2.45, 2.75) is 12.8 Å². The summed E-state index contributed by atoms with van der Waals surface area (Å²) >= 11 is 6.16. The van der Waals surface area contributed by atoms with E-state index in [0.717, 1.165) is 19.4 Å². The molecule has 0 unspecified atom stereocenters. The van der Waals surface area contributed by atoms with Gasteiger partial charge in [0.1, 0.15) is 5.82 Å². The number of aromatic nitrogens is 3. The molecule has 1 saturated heterocycles. The summed E-state index contributed by atoms with van der Waals surface area (Å²) in [6.07, 6.45) is 8.23. The van der Waals surface area contributed by atoms with Gasteiger partial charge in [0.15, 0.2) is 0 Å². The fourth-order valence-corrected chi connectivity index (χ4v) is 2.65. The van der Waals surface area contributed by atoms with Gasteiger partial charge in [0, 0.05) is 30.7 Å². The maximum absolute atomic E-state index is 12.2. The zero-order valence-corrected chi connectivity index (χ0v) is 12.7. The summed E-state index contributed by atoms with van der Waals surface area (Å²) in [5.41, 5.74) is 1.34. The number of hydrogen-bond acceptors (Lipinski definition) is 5. The van der Waals surface area contributed by atoms with Crippen molar-refractivity contribution in [2.75, 3.05) is 18.4 Å². The molecule has 0 spiro atoms. The lowest BCUT2D eigenvalue weighted by atomic mass is 9.99. The van der Waals surface area contributed by atoms with Crippen LogP contribution in [0.1, 0.15) is 12.8 Å². The molecule has 1 fully saturated rings. The van der Waals surface area contributed by atoms with Gasteiger partial charge in [-0.15, -0.1) is 0 Å². The Morgan fingerprint density at radius 3 is 2.95 bits per heavy atom. The maximum Gasteiger partial charge on any atom is 0.229 e. The van der Waals surface area contributed by atoms with Gasteiger partial charge in [0.2, 0.25) is 5.91 Å². The zero-order valence-electron chi connectivity index (χ0n) is 11.9. The lowest BCUT2D eigenvalue weighted by molar-refractivity contribution is -0.120. The Balaban J connectivity index is 1.79. The topological polar surface area (TPSA) is 79.8 Å². The summed E-state index contributed by atoms with van der Waals surface area (Å²) in [6, 6.07) is 1.72. The molecule has 0 saturated carbocycles. The first-order valence-electron chi connectivity index (χ1n) is 7.17. The first-order valence-corrected chi connectivity index (χ1v) is 7.55. The van der Waals surface area contributed by atoms with Gasteiger partial charge in [0.05, 0.1) is 22.8 Å². The molecule has 1 atom stereocenters. The number of rotatable bonds is 3. The third-order valence-corrected chi connectivity index (χ3v) is 3.91. The molecule has 114 valence electrons. The van der Waals surface area contributed by atoms with E-state index in [0.29, 0.717) is 28.6 Å². The van der Waals surface area contributed by atoms with Crippen LogP contribution >= 0.6 is 11.6 Å². The molecule has 0 aliphatic carbocycles. The number of hydrogen-bond donors (Lipinski definition) is 2. The van der Waals surface area contributed by atoms with Crippen molar-refractivity contribution in [3.8, 4) is 11.3 Å². The fraction of sp³-hybridized carbons (Fsp3) is 0.333. The van der Waals surface area contributed by atoms with E-state index in [1.807, 2.05) is 0 Å². The van der Waals surface area contributed by atoms with Crippen LogP contribution in [0.25, 0.3) is 11.3 Å². The number of nitrogens with zero attached hydrogens (tertiary/aromatic N) is 3. The third-order valence-electron chi connectivity index (χ3n) is 3.61. The van der Waals surface area contributed by atoms with E-state index in [1.54, 1.807) is 24.7 Å². The quantitative estimate of drug-likeness (QED) is 0.906. The van der Waals surface area contributed by atoms with Crippen LogP contribution < -0.4 is 10.6 Å². The largest absolute Gasteiger partial charge is 0.316 e. The number of pyridine rings is 1. The van der Waals surface area contributed by atoms with Crippen LogP contribution in [0.3, 0.4) is 0 Å². The van der Waals surface area contributed by atoms with Gasteiger partial charge in [-0.2, -0.15) is 0 Å². The van der Waals surface area contributed by atoms with Crippen LogP contribution in [0.2, 0.25) is 5.02 Å². The highest BCUT2D eigenvalue weighted by atomic mass is 35.5. The number of amides is 1. The number of halogens is 1. The smallest absolute Gasteiger partial charge is 0.229 e. The van der Waals surface area contributed by atoms with Crippen LogP contribution in [0.4, 0.5) is 5.82 Å². The van der Waals surface area contributed by atoms with Gasteiger partial charge >= 0.3 is 0 Å². The van der Waals surface area contributed by atoms with E-state index in [1.165, 1.54) is 6.20 Å². The third kappa shape index (κ3) is 3.40. The Hall–Kier alpha value is -2.05. The van der Waals surface area contributed by atoms with Gasteiger partial charge in [-0.25, -0.2) is 4.98 Å². The van der Waals surface area contributed by atoms with Gasteiger partial charge in [-0.3, -0.25) is 14.8 Å². The van der Waals surface area contributed by atoms with Crippen molar-refractivity contribution in [1.82, 2.24) is 20.3 Å². The minimum atomic E-state index is -0.0220. The highest BCUT2D eigenvalue weighted by Gasteiger charge is 2.21. The van der Waals surface area contributed by atoms with E-state index < -0.39 is 0 Å². The van der Waals surface area contributed by atoms with Gasteiger partial charge < -0.3 is 10.6 Å². The highest BCUT2D eigenvalue weighted by Crippen LogP contribution is 2.27. The number of piperidine rings is 1. The molecule has 2 aromatic heterocycles. The normalized spacial score (nSPS) is 18.0. The first-order chi connectivity index (χ1) is 10.7. The second kappa shape index (κ2) is 6.81. The summed E-state index contributed by atoms with van der Waals surface area (Å²) < 4.78 is 0. The number of nitrogens with one attached hydrogen (secondary N) is 2. The SMILES string of the molecule is O=C(Nc1cc(-c2cnccn2)c(Cl)cn1)[C@@H]1CCCNC1. The van der Waals surface area contributed by atoms with Crippen molar-refractivity contribution in [1.29, 1.82) is 0 Å². The fourth-order valence-electron chi connectivity index (χ4n) is 2.45. The van der Waals surface area contributed by atoms with Crippen molar-refractivity contribution in [3.05, 3.63) is 35.9 Å².